The van der Waals surface area contributed by atoms with Gasteiger partial charge in [0.25, 0.3) is 0 Å². The van der Waals surface area contributed by atoms with E-state index in [-0.39, 0.29) is 11.6 Å². The molecule has 2 heterocycles. The van der Waals surface area contributed by atoms with Crippen LogP contribution in [0.4, 0.5) is 0 Å². The molecule has 0 N–H and O–H groups in total. The van der Waals surface area contributed by atoms with Crippen molar-refractivity contribution in [3.63, 3.8) is 0 Å². The second-order valence-electron chi connectivity index (χ2n) is 10.5. The van der Waals surface area contributed by atoms with Crippen LogP contribution in [0.25, 0.3) is 0 Å². The molecule has 0 aliphatic heterocycles. The zero-order valence-corrected chi connectivity index (χ0v) is 28.1. The van der Waals surface area contributed by atoms with Crippen LogP contribution in [0, 0.1) is 13.8 Å². The van der Waals surface area contributed by atoms with E-state index < -0.39 is 0 Å². The van der Waals surface area contributed by atoms with Crippen LogP contribution < -0.4 is 0 Å². The molecule has 0 spiro atoms. The molecule has 6 nitrogen and oxygen atoms in total. The number of carbonyl (C=O) groups is 2. The summed E-state index contributed by atoms with van der Waals surface area (Å²) in [5.41, 5.74) is 6.39. The molecule has 0 bridgehead atoms. The summed E-state index contributed by atoms with van der Waals surface area (Å²) in [6.45, 7) is 15.2. The average Bonchev–Trinajstić information content (AvgIpc) is 3.05. The first kappa shape index (κ1) is 38.0. The Bertz CT molecular complexity index is 1210. The minimum atomic E-state index is 0.214. The van der Waals surface area contributed by atoms with Crippen LogP contribution in [-0.4, -0.2) is 32.0 Å². The van der Waals surface area contributed by atoms with Crippen molar-refractivity contribution in [1.29, 1.82) is 0 Å². The van der Waals surface area contributed by atoms with Crippen molar-refractivity contribution < 1.29 is 9.59 Å². The lowest BCUT2D eigenvalue weighted by atomic mass is 9.78. The molecule has 236 valence electrons. The molecule has 4 aromatic rings. The third kappa shape index (κ3) is 15.4. The summed E-state index contributed by atoms with van der Waals surface area (Å²) in [6.07, 6.45) is 5.85. The first-order valence-electron chi connectivity index (χ1n) is 16.0. The van der Waals surface area contributed by atoms with E-state index in [2.05, 4.69) is 44.7 Å². The monoisotopic (exact) mass is 596 g/mol. The van der Waals surface area contributed by atoms with Crippen molar-refractivity contribution in [2.24, 2.45) is 0 Å². The molecular formula is C38H52N4O2. The molecule has 0 radical (unpaired) electrons. The topological polar surface area (TPSA) is 85.7 Å². The van der Waals surface area contributed by atoms with Gasteiger partial charge in [-0.05, 0) is 82.3 Å². The predicted molar refractivity (Wildman–Crippen MR) is 182 cm³/mol. The zero-order valence-electron chi connectivity index (χ0n) is 28.1. The van der Waals surface area contributed by atoms with E-state index in [1.54, 1.807) is 13.8 Å². The standard InChI is InChI=1S/C16H20N4.2C9H10O.2C2H6/c1-11-6-8-15(19-17-11)13-4-3-5-14(10-13)16-9-7-12(2)18-20-16;2*1-8(10)7-9-5-3-2-4-6-9;2*1-2/h6-9,13-14H,3-5,10H2,1-2H3;2*2-6H,7H2,1H3;2*1-2H3. The molecule has 1 saturated carbocycles. The maximum absolute atomic E-state index is 10.6. The smallest absolute Gasteiger partial charge is 0.134 e. The molecule has 6 heteroatoms. The lowest BCUT2D eigenvalue weighted by Gasteiger charge is -2.28. The van der Waals surface area contributed by atoms with E-state index >= 15 is 0 Å². The van der Waals surface area contributed by atoms with Gasteiger partial charge in [0, 0.05) is 24.7 Å². The van der Waals surface area contributed by atoms with Crippen LogP contribution in [-0.2, 0) is 22.4 Å². The van der Waals surface area contributed by atoms with Crippen molar-refractivity contribution in [2.45, 2.75) is 106 Å². The van der Waals surface area contributed by atoms with Gasteiger partial charge in [0.1, 0.15) is 11.6 Å². The molecule has 0 amide bonds. The third-order valence-electron chi connectivity index (χ3n) is 6.74. The molecular weight excluding hydrogens is 544 g/mol. The van der Waals surface area contributed by atoms with E-state index in [0.717, 1.165) is 40.3 Å². The van der Waals surface area contributed by atoms with E-state index in [1.165, 1.54) is 19.3 Å². The molecule has 1 aliphatic rings. The maximum Gasteiger partial charge on any atom is 0.134 e. The Balaban J connectivity index is 0.000000342. The number of nitrogens with zero attached hydrogens (tertiary/aromatic N) is 4. The van der Waals surface area contributed by atoms with Crippen LogP contribution in [0.3, 0.4) is 0 Å². The Kier molecular flexibility index (Phi) is 19.4. The van der Waals surface area contributed by atoms with Gasteiger partial charge in [-0.2, -0.15) is 20.4 Å². The second kappa shape index (κ2) is 22.5. The first-order valence-corrected chi connectivity index (χ1v) is 16.0. The Labute approximate surface area is 265 Å². The fourth-order valence-electron chi connectivity index (χ4n) is 4.75. The number of hydrogen-bond acceptors (Lipinski definition) is 6. The van der Waals surface area contributed by atoms with Crippen LogP contribution in [0.15, 0.2) is 84.9 Å². The number of ketones is 2. The summed E-state index contributed by atoms with van der Waals surface area (Å²) in [4.78, 5) is 21.2. The summed E-state index contributed by atoms with van der Waals surface area (Å²) in [5.74, 6) is 1.44. The number of Topliss-reactive ketones (excluding diaryl/α,β-unsaturated/α-hetero) is 2. The summed E-state index contributed by atoms with van der Waals surface area (Å²) in [6, 6.07) is 27.9. The zero-order chi connectivity index (χ0) is 32.7. The molecule has 5 rings (SSSR count). The van der Waals surface area contributed by atoms with Gasteiger partial charge in [0.2, 0.25) is 0 Å². The summed E-state index contributed by atoms with van der Waals surface area (Å²) >= 11 is 0. The van der Waals surface area contributed by atoms with Gasteiger partial charge in [0.15, 0.2) is 0 Å². The maximum atomic E-state index is 10.6. The Morgan fingerprint density at radius 2 is 0.932 bits per heavy atom. The van der Waals surface area contributed by atoms with Crippen molar-refractivity contribution in [3.05, 3.63) is 119 Å². The van der Waals surface area contributed by atoms with E-state index in [1.807, 2.05) is 102 Å². The molecule has 1 fully saturated rings. The quantitative estimate of drug-likeness (QED) is 0.221. The molecule has 2 aromatic carbocycles. The fourth-order valence-corrected chi connectivity index (χ4v) is 4.75. The van der Waals surface area contributed by atoms with Crippen molar-refractivity contribution >= 4 is 11.6 Å². The predicted octanol–water partition coefficient (Wildman–Crippen LogP) is 9.01. The number of rotatable bonds is 6. The number of hydrogen-bond donors (Lipinski definition) is 0. The van der Waals surface area contributed by atoms with Crippen LogP contribution >= 0.6 is 0 Å². The van der Waals surface area contributed by atoms with Gasteiger partial charge in [-0.3, -0.25) is 9.59 Å². The fraction of sp³-hybridized carbons (Fsp3) is 0.421. The molecule has 2 unspecified atom stereocenters. The van der Waals surface area contributed by atoms with Gasteiger partial charge in [-0.25, -0.2) is 0 Å². The number of aryl methyl sites for hydroxylation is 2. The van der Waals surface area contributed by atoms with Crippen LogP contribution in [0.2, 0.25) is 0 Å². The highest BCUT2D eigenvalue weighted by Crippen LogP contribution is 2.39. The van der Waals surface area contributed by atoms with Gasteiger partial charge >= 0.3 is 0 Å². The van der Waals surface area contributed by atoms with Gasteiger partial charge in [-0.1, -0.05) is 94.8 Å². The lowest BCUT2D eigenvalue weighted by Crippen LogP contribution is -2.15. The highest BCUT2D eigenvalue weighted by Gasteiger charge is 2.26. The van der Waals surface area contributed by atoms with Crippen molar-refractivity contribution in [1.82, 2.24) is 20.4 Å². The van der Waals surface area contributed by atoms with Crippen LogP contribution in [0.5, 0.6) is 0 Å². The third-order valence-corrected chi connectivity index (χ3v) is 6.74. The van der Waals surface area contributed by atoms with Crippen molar-refractivity contribution in [3.8, 4) is 0 Å². The second-order valence-corrected chi connectivity index (χ2v) is 10.5. The SMILES string of the molecule is CC.CC.CC(=O)Cc1ccccc1.CC(=O)Cc1ccccc1.Cc1ccc(C2CCCC(c3ccc(C)nn3)C2)nn1. The minimum Gasteiger partial charge on any atom is -0.300 e. The summed E-state index contributed by atoms with van der Waals surface area (Å²) < 4.78 is 0. The largest absolute Gasteiger partial charge is 0.300 e. The summed E-state index contributed by atoms with van der Waals surface area (Å²) in [5, 5.41) is 17.1. The average molecular weight is 597 g/mol. The van der Waals surface area contributed by atoms with Crippen molar-refractivity contribution in [2.75, 3.05) is 0 Å². The Morgan fingerprint density at radius 1 is 0.568 bits per heavy atom. The van der Waals surface area contributed by atoms with Gasteiger partial charge in [-0.15, -0.1) is 0 Å². The summed E-state index contributed by atoms with van der Waals surface area (Å²) in [7, 11) is 0. The van der Waals surface area contributed by atoms with Crippen LogP contribution in [0.1, 0.15) is 113 Å². The van der Waals surface area contributed by atoms with Gasteiger partial charge in [0.05, 0.1) is 22.8 Å². The molecule has 2 aromatic heterocycles. The first-order chi connectivity index (χ1) is 21.3. The van der Waals surface area contributed by atoms with E-state index in [0.29, 0.717) is 24.7 Å². The number of benzene rings is 2. The Morgan fingerprint density at radius 3 is 1.23 bits per heavy atom. The molecule has 0 saturated heterocycles. The van der Waals surface area contributed by atoms with E-state index in [9.17, 15) is 9.59 Å². The number of carbonyl (C=O) groups excluding carboxylic acids is 2. The van der Waals surface area contributed by atoms with E-state index in [4.69, 9.17) is 0 Å². The normalized spacial score (nSPS) is 14.8. The minimum absolute atomic E-state index is 0.214. The molecule has 2 atom stereocenters. The molecule has 1 aliphatic carbocycles. The number of aromatic nitrogens is 4. The highest BCUT2D eigenvalue weighted by atomic mass is 16.1. The molecule has 44 heavy (non-hydrogen) atoms. The van der Waals surface area contributed by atoms with Gasteiger partial charge < -0.3 is 0 Å². The Hall–Kier alpha value is -4.06. The highest BCUT2D eigenvalue weighted by molar-refractivity contribution is 5.78. The lowest BCUT2D eigenvalue weighted by molar-refractivity contribution is -0.117.